The second-order valence-electron chi connectivity index (χ2n) is 6.46. The van der Waals surface area contributed by atoms with Crippen LogP contribution in [0.25, 0.3) is 17.0 Å². The Morgan fingerprint density at radius 1 is 1.23 bits per heavy atom. The number of halogens is 2. The molecule has 11 heteroatoms. The van der Waals surface area contributed by atoms with Gasteiger partial charge in [-0.25, -0.2) is 23.3 Å². The van der Waals surface area contributed by atoms with E-state index in [4.69, 9.17) is 0 Å². The van der Waals surface area contributed by atoms with Crippen LogP contribution in [-0.2, 0) is 11.2 Å². The van der Waals surface area contributed by atoms with Gasteiger partial charge in [-0.3, -0.25) is 4.79 Å². The van der Waals surface area contributed by atoms with Gasteiger partial charge < -0.3 is 5.32 Å². The highest BCUT2D eigenvalue weighted by atomic mass is 32.2. The number of amides is 1. The molecule has 154 valence electrons. The first kappa shape index (κ1) is 20.4. The first-order valence-corrected chi connectivity index (χ1v) is 10.9. The normalized spacial score (nSPS) is 11.2. The number of carbonyl (C=O) groups is 1. The van der Waals surface area contributed by atoms with Gasteiger partial charge in [-0.15, -0.1) is 16.4 Å². The lowest BCUT2D eigenvalue weighted by molar-refractivity contribution is -0.115. The molecular weight excluding hydrogens is 430 g/mol. The van der Waals surface area contributed by atoms with Gasteiger partial charge in [0.1, 0.15) is 11.6 Å². The molecule has 0 aliphatic heterocycles. The van der Waals surface area contributed by atoms with E-state index in [0.717, 1.165) is 40.8 Å². The van der Waals surface area contributed by atoms with Crippen LogP contribution >= 0.6 is 23.1 Å². The van der Waals surface area contributed by atoms with E-state index in [1.54, 1.807) is 9.90 Å². The van der Waals surface area contributed by atoms with Crippen molar-refractivity contribution in [3.63, 3.8) is 0 Å². The Hall–Kier alpha value is -2.92. The molecule has 7 nitrogen and oxygen atoms in total. The Labute approximate surface area is 178 Å². The van der Waals surface area contributed by atoms with Crippen molar-refractivity contribution < 1.29 is 13.6 Å². The van der Waals surface area contributed by atoms with Gasteiger partial charge in [0, 0.05) is 27.9 Å². The Bertz CT molecular complexity index is 1270. The van der Waals surface area contributed by atoms with Gasteiger partial charge in [0.2, 0.25) is 11.1 Å². The maximum atomic E-state index is 13.9. The van der Waals surface area contributed by atoms with E-state index in [1.807, 2.05) is 20.1 Å². The number of rotatable bonds is 5. The quantitative estimate of drug-likeness (QED) is 0.466. The summed E-state index contributed by atoms with van der Waals surface area (Å²) < 4.78 is 29.0. The Morgan fingerprint density at radius 3 is 2.80 bits per heavy atom. The number of hydrogen-bond acceptors (Lipinski definition) is 7. The van der Waals surface area contributed by atoms with Gasteiger partial charge in [0.05, 0.1) is 12.1 Å². The van der Waals surface area contributed by atoms with Crippen molar-refractivity contribution in [2.24, 2.45) is 0 Å². The summed E-state index contributed by atoms with van der Waals surface area (Å²) in [6, 6.07) is 3.16. The number of fused-ring (bicyclic) bond motifs is 1. The minimum atomic E-state index is -0.581. The third-order valence-corrected chi connectivity index (χ3v) is 5.80. The number of nitrogens with one attached hydrogen (secondary N) is 1. The molecule has 0 radical (unpaired) electrons. The molecule has 0 aliphatic carbocycles. The van der Waals surface area contributed by atoms with Crippen LogP contribution in [0.4, 0.5) is 13.9 Å². The second kappa shape index (κ2) is 8.07. The highest BCUT2D eigenvalue weighted by Gasteiger charge is 2.17. The van der Waals surface area contributed by atoms with Crippen molar-refractivity contribution in [2.75, 3.05) is 11.6 Å². The van der Waals surface area contributed by atoms with Crippen LogP contribution in [0.2, 0.25) is 0 Å². The summed E-state index contributed by atoms with van der Waals surface area (Å²) in [5.74, 6) is -0.951. The fourth-order valence-electron chi connectivity index (χ4n) is 3.00. The Balaban J connectivity index is 1.54. The van der Waals surface area contributed by atoms with Crippen molar-refractivity contribution in [3.05, 3.63) is 52.2 Å². The molecule has 3 heterocycles. The summed E-state index contributed by atoms with van der Waals surface area (Å²) in [7, 11) is 0. The topological polar surface area (TPSA) is 85.1 Å². The van der Waals surface area contributed by atoms with Gasteiger partial charge in [-0.1, -0.05) is 11.8 Å². The van der Waals surface area contributed by atoms with Gasteiger partial charge in [0.25, 0.3) is 5.78 Å². The highest BCUT2D eigenvalue weighted by Crippen LogP contribution is 2.28. The lowest BCUT2D eigenvalue weighted by Gasteiger charge is -2.09. The monoisotopic (exact) mass is 446 g/mol. The van der Waals surface area contributed by atoms with E-state index < -0.39 is 11.6 Å². The summed E-state index contributed by atoms with van der Waals surface area (Å²) in [6.45, 7) is 3.68. The zero-order valence-electron chi connectivity index (χ0n) is 16.2. The second-order valence-corrected chi connectivity index (χ2v) is 8.09. The van der Waals surface area contributed by atoms with E-state index in [-0.39, 0.29) is 23.6 Å². The molecule has 0 bridgehead atoms. The van der Waals surface area contributed by atoms with E-state index in [2.05, 4.69) is 25.4 Å². The lowest BCUT2D eigenvalue weighted by Crippen LogP contribution is -2.17. The molecule has 1 N–H and O–H groups in total. The number of hydrogen-bond donors (Lipinski definition) is 1. The van der Waals surface area contributed by atoms with Crippen LogP contribution in [-0.4, -0.2) is 36.7 Å². The molecule has 4 rings (SSSR count). The lowest BCUT2D eigenvalue weighted by atomic mass is 10.1. The molecule has 1 aromatic carbocycles. The fraction of sp³-hybridized carbons (Fsp3) is 0.211. The van der Waals surface area contributed by atoms with Gasteiger partial charge in [0.15, 0.2) is 5.13 Å². The van der Waals surface area contributed by atoms with E-state index in [1.165, 1.54) is 11.8 Å². The summed E-state index contributed by atoms with van der Waals surface area (Å²) in [5, 5.41) is 9.55. The minimum Gasteiger partial charge on any atom is -0.302 e. The summed E-state index contributed by atoms with van der Waals surface area (Å²) in [6.07, 6.45) is 1.95. The number of anilines is 1. The van der Waals surface area contributed by atoms with Crippen LogP contribution in [0.1, 0.15) is 17.0 Å². The van der Waals surface area contributed by atoms with Crippen LogP contribution in [0.3, 0.4) is 0 Å². The van der Waals surface area contributed by atoms with Crippen molar-refractivity contribution in [2.45, 2.75) is 25.4 Å². The molecule has 0 saturated heterocycles. The Morgan fingerprint density at radius 2 is 2.03 bits per heavy atom. The van der Waals surface area contributed by atoms with E-state index in [9.17, 15) is 13.6 Å². The summed E-state index contributed by atoms with van der Waals surface area (Å²) >= 11 is 2.55. The molecule has 1 amide bonds. The van der Waals surface area contributed by atoms with Crippen LogP contribution in [0.5, 0.6) is 0 Å². The zero-order chi connectivity index (χ0) is 21.4. The van der Waals surface area contributed by atoms with Crippen LogP contribution in [0.15, 0.2) is 28.7 Å². The standard InChI is InChI=1S/C19H16F2N6OS2/c1-9-12(10(2)27-17(22-9)25-19(26-27)29-3)7-16(28)24-18-23-15(8-30-18)13-6-11(20)4-5-14(13)21/h4-6,8H,7H2,1-3H3,(H,23,24,28). The molecule has 4 aromatic rings. The average Bonchev–Trinajstić information content (AvgIpc) is 3.34. The van der Waals surface area contributed by atoms with Gasteiger partial charge in [-0.2, -0.15) is 4.98 Å². The largest absolute Gasteiger partial charge is 0.302 e. The number of carbonyl (C=O) groups excluding carboxylic acids is 1. The molecule has 0 saturated carbocycles. The predicted octanol–water partition coefficient (Wildman–Crippen LogP) is 4.05. The number of thiazole rings is 1. The van der Waals surface area contributed by atoms with Gasteiger partial charge >= 0.3 is 0 Å². The first-order chi connectivity index (χ1) is 14.4. The number of aromatic nitrogens is 5. The molecule has 3 aromatic heterocycles. The smallest absolute Gasteiger partial charge is 0.253 e. The van der Waals surface area contributed by atoms with Crippen molar-refractivity contribution in [3.8, 4) is 11.3 Å². The van der Waals surface area contributed by atoms with Crippen molar-refractivity contribution in [1.29, 1.82) is 0 Å². The van der Waals surface area contributed by atoms with Gasteiger partial charge in [-0.05, 0) is 38.3 Å². The average molecular weight is 447 g/mol. The molecule has 0 aliphatic rings. The number of nitrogens with zero attached hydrogens (tertiary/aromatic N) is 5. The fourth-order valence-corrected chi connectivity index (χ4v) is 4.07. The van der Waals surface area contributed by atoms with E-state index in [0.29, 0.717) is 21.8 Å². The maximum absolute atomic E-state index is 13.9. The van der Waals surface area contributed by atoms with Crippen molar-refractivity contribution >= 4 is 39.9 Å². The highest BCUT2D eigenvalue weighted by molar-refractivity contribution is 7.98. The number of aryl methyl sites for hydroxylation is 2. The first-order valence-electron chi connectivity index (χ1n) is 8.83. The molecule has 0 spiro atoms. The predicted molar refractivity (Wildman–Crippen MR) is 112 cm³/mol. The number of thioether (sulfide) groups is 1. The molecule has 0 fully saturated rings. The Kier molecular flexibility index (Phi) is 5.48. The summed E-state index contributed by atoms with van der Waals surface area (Å²) in [4.78, 5) is 25.6. The van der Waals surface area contributed by atoms with Crippen LogP contribution < -0.4 is 5.32 Å². The molecule has 30 heavy (non-hydrogen) atoms. The van der Waals surface area contributed by atoms with Crippen LogP contribution in [0, 0.1) is 25.5 Å². The maximum Gasteiger partial charge on any atom is 0.253 e. The SMILES string of the molecule is CSc1nc2nc(C)c(CC(=O)Nc3nc(-c4cc(F)ccc4F)cs3)c(C)n2n1. The molecule has 0 atom stereocenters. The number of benzene rings is 1. The zero-order valence-corrected chi connectivity index (χ0v) is 17.9. The van der Waals surface area contributed by atoms with E-state index >= 15 is 0 Å². The molecule has 0 unspecified atom stereocenters. The minimum absolute atomic E-state index is 0.0452. The third kappa shape index (κ3) is 3.90. The third-order valence-electron chi connectivity index (χ3n) is 4.50. The molecular formula is C19H16F2N6OS2. The van der Waals surface area contributed by atoms with Crippen molar-refractivity contribution in [1.82, 2.24) is 24.6 Å². The summed E-state index contributed by atoms with van der Waals surface area (Å²) in [5.41, 5.74) is 2.52.